The van der Waals surface area contributed by atoms with Crippen LogP contribution in [-0.4, -0.2) is 90.7 Å². The molecule has 2 saturated carbocycles. The maximum Gasteiger partial charge on any atom is 0.407 e. The number of amides is 2. The predicted molar refractivity (Wildman–Crippen MR) is 209 cm³/mol. The Kier molecular flexibility index (Phi) is 14.2. The van der Waals surface area contributed by atoms with Crippen LogP contribution < -0.4 is 10.6 Å². The Labute approximate surface area is 340 Å². The summed E-state index contributed by atoms with van der Waals surface area (Å²) in [5.74, 6) is -1.07. The van der Waals surface area contributed by atoms with Crippen molar-refractivity contribution in [2.75, 3.05) is 6.54 Å². The number of aliphatic hydroxyl groups is 1. The second-order valence-electron chi connectivity index (χ2n) is 15.0. The molecular formula is C41H48N8O10. The van der Waals surface area contributed by atoms with Crippen molar-refractivity contribution in [3.63, 3.8) is 0 Å². The van der Waals surface area contributed by atoms with Gasteiger partial charge in [0.2, 0.25) is 0 Å². The van der Waals surface area contributed by atoms with Crippen LogP contribution in [-0.2, 0) is 53.0 Å². The Balaban J connectivity index is 1.17. The molecule has 3 aromatic rings. The fourth-order valence-electron chi connectivity index (χ4n) is 8.16. The Morgan fingerprint density at radius 2 is 1.32 bits per heavy atom. The zero-order chi connectivity index (χ0) is 41.0. The van der Waals surface area contributed by atoms with Crippen LogP contribution in [0.25, 0.3) is 20.9 Å². The van der Waals surface area contributed by atoms with Crippen molar-refractivity contribution in [3.05, 3.63) is 129 Å². The normalized spacial score (nSPS) is 29.5. The number of hydrogen-bond acceptors (Lipinski definition) is 12. The minimum absolute atomic E-state index is 0.0308. The largest absolute Gasteiger partial charge is 0.445 e. The number of alkyl carbamates (subject to hydrolysis) is 2. The number of carbonyl (C=O) groups is 2. The van der Waals surface area contributed by atoms with E-state index in [9.17, 15) is 25.8 Å². The Bertz CT molecular complexity index is 1930. The summed E-state index contributed by atoms with van der Waals surface area (Å²) in [6.07, 6.45) is -5.47. The van der Waals surface area contributed by atoms with Crippen molar-refractivity contribution in [2.45, 2.75) is 125 Å². The third-order valence-corrected chi connectivity index (χ3v) is 11.0. The molecule has 3 aromatic carbocycles. The number of aliphatic hydroxyl groups excluding tert-OH is 1. The quantitative estimate of drug-likeness (QED) is 0.0910. The van der Waals surface area contributed by atoms with Gasteiger partial charge < -0.3 is 48.9 Å². The highest BCUT2D eigenvalue weighted by Crippen LogP contribution is 2.46. The number of nitrogens with zero attached hydrogens (tertiary/aromatic N) is 6. The lowest BCUT2D eigenvalue weighted by molar-refractivity contribution is -0.277. The lowest BCUT2D eigenvalue weighted by Crippen LogP contribution is -2.72. The van der Waals surface area contributed by atoms with E-state index in [0.29, 0.717) is 12.8 Å². The lowest BCUT2D eigenvalue weighted by Gasteiger charge is -2.48. The van der Waals surface area contributed by atoms with Crippen molar-refractivity contribution in [2.24, 2.45) is 10.2 Å². The number of carbonyl (C=O) groups excluding carboxylic acids is 2. The van der Waals surface area contributed by atoms with Gasteiger partial charge in [-0.25, -0.2) is 9.59 Å². The molecule has 2 heterocycles. The first kappa shape index (κ1) is 41.7. The van der Waals surface area contributed by atoms with E-state index in [1.54, 1.807) is 12.1 Å². The fourth-order valence-corrected chi connectivity index (χ4v) is 8.16. The van der Waals surface area contributed by atoms with Gasteiger partial charge in [-0.3, -0.25) is 0 Å². The molecule has 7 rings (SSSR count). The van der Waals surface area contributed by atoms with E-state index in [2.05, 4.69) is 30.7 Å². The van der Waals surface area contributed by atoms with Gasteiger partial charge in [0.15, 0.2) is 12.1 Å². The van der Waals surface area contributed by atoms with E-state index in [-0.39, 0.29) is 32.8 Å². The molecule has 59 heavy (non-hydrogen) atoms. The van der Waals surface area contributed by atoms with Gasteiger partial charge in [-0.05, 0) is 47.0 Å². The van der Waals surface area contributed by atoms with Crippen LogP contribution in [0.1, 0.15) is 55.2 Å². The first-order valence-corrected chi connectivity index (χ1v) is 19.8. The molecule has 10 atom stereocenters. The second kappa shape index (κ2) is 20.0. The number of ether oxygens (including phenoxy) is 7. The maximum atomic E-state index is 13.6. The molecular weight excluding hydrogens is 764 g/mol. The van der Waals surface area contributed by atoms with Gasteiger partial charge in [0.25, 0.3) is 0 Å². The zero-order valence-electron chi connectivity index (χ0n) is 32.3. The van der Waals surface area contributed by atoms with Crippen LogP contribution in [0.2, 0.25) is 0 Å². The first-order valence-electron chi connectivity index (χ1n) is 19.8. The average molecular weight is 813 g/mol. The average Bonchev–Trinajstić information content (AvgIpc) is 3.63. The summed E-state index contributed by atoms with van der Waals surface area (Å²) in [5.41, 5.74) is 21.3. The van der Waals surface area contributed by atoms with Gasteiger partial charge >= 0.3 is 12.2 Å². The number of fused-ring (bicyclic) bond motifs is 1. The summed E-state index contributed by atoms with van der Waals surface area (Å²) in [4.78, 5) is 32.9. The molecule has 3 N–H and O–H groups in total. The van der Waals surface area contributed by atoms with E-state index in [0.717, 1.165) is 36.0 Å². The molecule has 2 aliphatic heterocycles. The van der Waals surface area contributed by atoms with Gasteiger partial charge in [0.05, 0.1) is 49.6 Å². The summed E-state index contributed by atoms with van der Waals surface area (Å²) in [7, 11) is 0. The van der Waals surface area contributed by atoms with E-state index in [1.807, 2.05) is 78.9 Å². The topological polar surface area (TPSA) is 241 Å². The number of benzene rings is 3. The standard InChI is InChI=1S/C41H48N8O10/c42-48-44-22-31-30(53-23-26-13-5-1-6-14-26)21-29(47-49-43)38(56-31)57-35-32(45-39(51)54-24-27-15-7-2-8-16-27)34(50)33(46-40(52)55-25-28-17-9-3-10-18-28)36-37(35)59-41(58-36)19-11-4-12-20-41/h1-3,5-10,13-18,29-38,50H,4,11-12,19-25H2,(H,45,51)(H,46,52)/t29-,30+,31-,32+,33-,34+,35-,36+,37+,38-/m1/s1. The fraction of sp³-hybridized carbons (Fsp3) is 0.512. The smallest absolute Gasteiger partial charge is 0.407 e. The van der Waals surface area contributed by atoms with Crippen LogP contribution >= 0.6 is 0 Å². The summed E-state index contributed by atoms with van der Waals surface area (Å²) < 4.78 is 44.0. The molecule has 18 nitrogen and oxygen atoms in total. The van der Waals surface area contributed by atoms with Crippen molar-refractivity contribution >= 4 is 12.2 Å². The van der Waals surface area contributed by atoms with E-state index >= 15 is 0 Å². The maximum absolute atomic E-state index is 13.6. The molecule has 4 fully saturated rings. The summed E-state index contributed by atoms with van der Waals surface area (Å²) in [6.45, 7) is -0.0247. The van der Waals surface area contributed by atoms with Crippen LogP contribution in [0, 0.1) is 0 Å². The highest BCUT2D eigenvalue weighted by Gasteiger charge is 2.62. The minimum atomic E-state index is -1.56. The SMILES string of the molecule is [N-]=[N+]=NC[C@H]1O[C@H](O[C@@H]2[C@@H](NC(=O)OCc3ccccc3)[C@H](O)[C@@H](NC(=O)OCc3ccccc3)[C@@H]3OC4(CCCCC4)O[C@@H]23)[C@H](N=[N+]=[N-])C[C@@H]1OCc1ccccc1. The van der Waals surface area contributed by atoms with Crippen LogP contribution in [0.4, 0.5) is 9.59 Å². The van der Waals surface area contributed by atoms with E-state index < -0.39 is 79.0 Å². The van der Waals surface area contributed by atoms with Crippen molar-refractivity contribution in [3.8, 4) is 0 Å². The Hall–Kier alpha value is -5.42. The number of azide groups is 2. The highest BCUT2D eigenvalue weighted by atomic mass is 16.8. The molecule has 2 saturated heterocycles. The van der Waals surface area contributed by atoms with Gasteiger partial charge in [-0.2, -0.15) is 0 Å². The Morgan fingerprint density at radius 1 is 0.763 bits per heavy atom. The van der Waals surface area contributed by atoms with E-state index in [4.69, 9.17) is 33.2 Å². The number of nitrogens with one attached hydrogen (secondary N) is 2. The predicted octanol–water partition coefficient (Wildman–Crippen LogP) is 6.47. The number of hydrogen-bond donors (Lipinski definition) is 3. The second-order valence-corrected chi connectivity index (χ2v) is 15.0. The summed E-state index contributed by atoms with van der Waals surface area (Å²) in [5, 5.41) is 25.6. The molecule has 0 aromatic heterocycles. The monoisotopic (exact) mass is 812 g/mol. The van der Waals surface area contributed by atoms with Gasteiger partial charge in [-0.1, -0.05) is 108 Å². The number of rotatable bonds is 14. The minimum Gasteiger partial charge on any atom is -0.445 e. The summed E-state index contributed by atoms with van der Waals surface area (Å²) in [6, 6.07) is 24.2. The van der Waals surface area contributed by atoms with Gasteiger partial charge in [0, 0.05) is 22.7 Å². The lowest BCUT2D eigenvalue weighted by atomic mass is 9.81. The first-order chi connectivity index (χ1) is 28.8. The molecule has 2 aliphatic carbocycles. The third kappa shape index (κ3) is 10.6. The van der Waals surface area contributed by atoms with Crippen molar-refractivity contribution in [1.82, 2.24) is 10.6 Å². The van der Waals surface area contributed by atoms with Crippen molar-refractivity contribution in [1.29, 1.82) is 0 Å². The molecule has 0 unspecified atom stereocenters. The Morgan fingerprint density at radius 3 is 1.90 bits per heavy atom. The van der Waals surface area contributed by atoms with Crippen LogP contribution in [0.15, 0.2) is 101 Å². The zero-order valence-corrected chi connectivity index (χ0v) is 32.3. The molecule has 2 amide bonds. The third-order valence-electron chi connectivity index (χ3n) is 11.0. The van der Waals surface area contributed by atoms with Crippen molar-refractivity contribution < 1.29 is 47.9 Å². The molecule has 1 spiro atoms. The van der Waals surface area contributed by atoms with E-state index in [1.165, 1.54) is 0 Å². The molecule has 0 bridgehead atoms. The molecule has 4 aliphatic rings. The van der Waals surface area contributed by atoms with Gasteiger partial charge in [0.1, 0.15) is 31.5 Å². The molecule has 18 heteroatoms. The molecule has 312 valence electrons. The highest BCUT2D eigenvalue weighted by molar-refractivity contribution is 5.69. The van der Waals surface area contributed by atoms with Crippen LogP contribution in [0.5, 0.6) is 0 Å². The van der Waals surface area contributed by atoms with Crippen LogP contribution in [0.3, 0.4) is 0 Å². The summed E-state index contributed by atoms with van der Waals surface area (Å²) >= 11 is 0. The molecule has 0 radical (unpaired) electrons. The van der Waals surface area contributed by atoms with Gasteiger partial charge in [-0.15, -0.1) is 0 Å².